The van der Waals surface area contributed by atoms with Crippen molar-refractivity contribution in [2.24, 2.45) is 4.99 Å². The minimum atomic E-state index is -0.229. The molecule has 0 saturated heterocycles. The van der Waals surface area contributed by atoms with E-state index < -0.39 is 0 Å². The summed E-state index contributed by atoms with van der Waals surface area (Å²) in [7, 11) is 0. The van der Waals surface area contributed by atoms with Crippen LogP contribution in [0.5, 0.6) is 5.75 Å². The molecule has 7 nitrogen and oxygen atoms in total. The Balaban J connectivity index is 1.85. The molecule has 0 saturated carbocycles. The summed E-state index contributed by atoms with van der Waals surface area (Å²) in [6, 6.07) is 8.08. The lowest BCUT2D eigenvalue weighted by Crippen LogP contribution is -2.37. The van der Waals surface area contributed by atoms with E-state index in [4.69, 9.17) is 9.73 Å². The van der Waals surface area contributed by atoms with Gasteiger partial charge < -0.3 is 19.9 Å². The first-order valence-corrected chi connectivity index (χ1v) is 9.59. The molecule has 1 heterocycles. The van der Waals surface area contributed by atoms with Crippen molar-refractivity contribution < 1.29 is 4.74 Å². The van der Waals surface area contributed by atoms with E-state index in [1.54, 1.807) is 12.7 Å². The van der Waals surface area contributed by atoms with Crippen LogP contribution in [0.3, 0.4) is 0 Å². The van der Waals surface area contributed by atoms with Crippen molar-refractivity contribution in [3.8, 4) is 5.75 Å². The van der Waals surface area contributed by atoms with Gasteiger partial charge in [0.05, 0.1) is 6.54 Å². The van der Waals surface area contributed by atoms with E-state index in [0.29, 0.717) is 6.54 Å². The van der Waals surface area contributed by atoms with Crippen LogP contribution in [-0.4, -0.2) is 39.4 Å². The second-order valence-electron chi connectivity index (χ2n) is 7.35. The van der Waals surface area contributed by atoms with Gasteiger partial charge in [0, 0.05) is 25.2 Å². The Morgan fingerprint density at radius 1 is 1.11 bits per heavy atom. The molecule has 0 aliphatic carbocycles. The van der Waals surface area contributed by atoms with Gasteiger partial charge in [0.2, 0.25) is 0 Å². The summed E-state index contributed by atoms with van der Waals surface area (Å²) in [6.07, 6.45) is 5.60. The van der Waals surface area contributed by atoms with Crippen molar-refractivity contribution in [2.45, 2.75) is 59.2 Å². The summed E-state index contributed by atoms with van der Waals surface area (Å²) in [6.45, 7) is 11.4. The molecule has 0 atom stereocenters. The van der Waals surface area contributed by atoms with Crippen molar-refractivity contribution >= 4 is 5.96 Å². The molecular formula is C20H32N6O. The zero-order valence-corrected chi connectivity index (χ0v) is 16.9. The first-order chi connectivity index (χ1) is 13.0. The van der Waals surface area contributed by atoms with E-state index in [0.717, 1.165) is 49.7 Å². The maximum Gasteiger partial charge on any atom is 0.191 e. The van der Waals surface area contributed by atoms with E-state index in [2.05, 4.69) is 54.6 Å². The Hall–Kier alpha value is -2.57. The van der Waals surface area contributed by atoms with Gasteiger partial charge >= 0.3 is 0 Å². The molecule has 148 valence electrons. The fourth-order valence-corrected chi connectivity index (χ4v) is 2.53. The number of nitrogens with zero attached hydrogens (tertiary/aromatic N) is 4. The number of aromatic nitrogens is 3. The van der Waals surface area contributed by atoms with Crippen LogP contribution in [0.1, 0.15) is 46.1 Å². The first-order valence-electron chi connectivity index (χ1n) is 9.59. The summed E-state index contributed by atoms with van der Waals surface area (Å²) < 4.78 is 8.04. The minimum absolute atomic E-state index is 0.229. The maximum atomic E-state index is 6.05. The molecule has 0 fully saturated rings. The Kier molecular flexibility index (Phi) is 8.10. The highest BCUT2D eigenvalue weighted by Crippen LogP contribution is 2.23. The Morgan fingerprint density at radius 3 is 2.56 bits per heavy atom. The molecule has 27 heavy (non-hydrogen) atoms. The van der Waals surface area contributed by atoms with Crippen molar-refractivity contribution in [3.05, 3.63) is 42.5 Å². The van der Waals surface area contributed by atoms with Crippen LogP contribution in [0.15, 0.2) is 41.9 Å². The van der Waals surface area contributed by atoms with E-state index in [1.807, 2.05) is 22.8 Å². The fourth-order valence-electron chi connectivity index (χ4n) is 2.53. The van der Waals surface area contributed by atoms with Gasteiger partial charge in [-0.05, 0) is 46.6 Å². The number of rotatable bonds is 9. The second-order valence-corrected chi connectivity index (χ2v) is 7.35. The molecule has 0 radical (unpaired) electrons. The van der Waals surface area contributed by atoms with Crippen molar-refractivity contribution in [1.82, 2.24) is 25.4 Å². The number of benzene rings is 1. The van der Waals surface area contributed by atoms with Gasteiger partial charge in [-0.1, -0.05) is 18.2 Å². The minimum Gasteiger partial charge on any atom is -0.488 e. The number of aliphatic imine (C=N–C) groups is 1. The lowest BCUT2D eigenvalue weighted by Gasteiger charge is -2.23. The van der Waals surface area contributed by atoms with E-state index in [9.17, 15) is 0 Å². The summed E-state index contributed by atoms with van der Waals surface area (Å²) in [4.78, 5) is 4.71. The normalized spacial score (nSPS) is 12.1. The lowest BCUT2D eigenvalue weighted by molar-refractivity contribution is 0.129. The van der Waals surface area contributed by atoms with Crippen LogP contribution >= 0.6 is 0 Å². The Morgan fingerprint density at radius 2 is 1.85 bits per heavy atom. The van der Waals surface area contributed by atoms with E-state index >= 15 is 0 Å². The molecule has 1 aromatic heterocycles. The molecule has 0 bridgehead atoms. The number of nitrogens with one attached hydrogen (secondary N) is 2. The highest BCUT2D eigenvalue weighted by molar-refractivity contribution is 5.79. The predicted molar refractivity (Wildman–Crippen MR) is 109 cm³/mol. The van der Waals surface area contributed by atoms with Crippen LogP contribution in [0.4, 0.5) is 0 Å². The third-order valence-corrected chi connectivity index (χ3v) is 3.74. The van der Waals surface area contributed by atoms with E-state index in [-0.39, 0.29) is 5.60 Å². The molecule has 0 aliphatic heterocycles. The number of guanidine groups is 1. The highest BCUT2D eigenvalue weighted by atomic mass is 16.5. The zero-order chi connectivity index (χ0) is 19.5. The van der Waals surface area contributed by atoms with Crippen LogP contribution < -0.4 is 15.4 Å². The van der Waals surface area contributed by atoms with Crippen LogP contribution in [0.2, 0.25) is 0 Å². The molecule has 0 aliphatic rings. The van der Waals surface area contributed by atoms with Crippen molar-refractivity contribution in [1.29, 1.82) is 0 Å². The SMILES string of the molecule is CCNC(=NCc1ccccc1OC(C)(C)C)NCCCCn1cnnc1. The number of para-hydroxylation sites is 1. The highest BCUT2D eigenvalue weighted by Gasteiger charge is 2.14. The largest absolute Gasteiger partial charge is 0.488 e. The average molecular weight is 373 g/mol. The van der Waals surface area contributed by atoms with Gasteiger partial charge in [-0.25, -0.2) is 4.99 Å². The van der Waals surface area contributed by atoms with Gasteiger partial charge in [-0.15, -0.1) is 10.2 Å². The van der Waals surface area contributed by atoms with Crippen molar-refractivity contribution in [2.75, 3.05) is 13.1 Å². The predicted octanol–water partition coefficient (Wildman–Crippen LogP) is 2.99. The molecule has 0 spiro atoms. The fraction of sp³-hybridized carbons (Fsp3) is 0.550. The Labute approximate surface area is 162 Å². The first kappa shape index (κ1) is 20.7. The zero-order valence-electron chi connectivity index (χ0n) is 16.9. The van der Waals surface area contributed by atoms with Gasteiger partial charge in [0.1, 0.15) is 24.0 Å². The molecular weight excluding hydrogens is 340 g/mol. The number of aryl methyl sites for hydroxylation is 1. The summed E-state index contributed by atoms with van der Waals surface area (Å²) in [5, 5.41) is 14.3. The molecule has 2 rings (SSSR count). The lowest BCUT2D eigenvalue weighted by atomic mass is 10.1. The molecule has 0 unspecified atom stereocenters. The molecule has 7 heteroatoms. The monoisotopic (exact) mass is 372 g/mol. The number of unbranched alkanes of at least 4 members (excludes halogenated alkanes) is 1. The smallest absolute Gasteiger partial charge is 0.191 e. The maximum absolute atomic E-state index is 6.05. The summed E-state index contributed by atoms with van der Waals surface area (Å²) >= 11 is 0. The summed E-state index contributed by atoms with van der Waals surface area (Å²) in [5.74, 6) is 1.71. The number of hydrogen-bond acceptors (Lipinski definition) is 4. The molecule has 0 amide bonds. The number of hydrogen-bond donors (Lipinski definition) is 2. The van der Waals surface area contributed by atoms with Gasteiger partial charge in [0.15, 0.2) is 5.96 Å². The molecule has 2 aromatic rings. The van der Waals surface area contributed by atoms with Crippen LogP contribution in [0, 0.1) is 0 Å². The Bertz CT molecular complexity index is 691. The van der Waals surface area contributed by atoms with Crippen molar-refractivity contribution in [3.63, 3.8) is 0 Å². The second kappa shape index (κ2) is 10.5. The van der Waals surface area contributed by atoms with Gasteiger partial charge in [-0.3, -0.25) is 0 Å². The van der Waals surface area contributed by atoms with Gasteiger partial charge in [-0.2, -0.15) is 0 Å². The standard InChI is InChI=1S/C20H32N6O/c1-5-21-19(22-12-8-9-13-26-15-24-25-16-26)23-14-17-10-6-7-11-18(17)27-20(2,3)4/h6-7,10-11,15-16H,5,8-9,12-14H2,1-4H3,(H2,21,22,23). The third-order valence-electron chi connectivity index (χ3n) is 3.74. The topological polar surface area (TPSA) is 76.4 Å². The van der Waals surface area contributed by atoms with Gasteiger partial charge in [0.25, 0.3) is 0 Å². The quantitative estimate of drug-likeness (QED) is 0.402. The van der Waals surface area contributed by atoms with Crippen LogP contribution in [0.25, 0.3) is 0 Å². The summed E-state index contributed by atoms with van der Waals surface area (Å²) in [5.41, 5.74) is 0.852. The molecule has 1 aromatic carbocycles. The van der Waals surface area contributed by atoms with E-state index in [1.165, 1.54) is 0 Å². The third kappa shape index (κ3) is 8.11. The number of ether oxygens (including phenoxy) is 1. The van der Waals surface area contributed by atoms with Crippen LogP contribution in [-0.2, 0) is 13.1 Å². The molecule has 2 N–H and O–H groups in total. The average Bonchev–Trinajstić information content (AvgIpc) is 3.12.